The van der Waals surface area contributed by atoms with Gasteiger partial charge in [0.2, 0.25) is 5.91 Å². The van der Waals surface area contributed by atoms with Crippen LogP contribution in [0.3, 0.4) is 0 Å². The van der Waals surface area contributed by atoms with Crippen molar-refractivity contribution in [3.63, 3.8) is 0 Å². The van der Waals surface area contributed by atoms with Crippen molar-refractivity contribution in [3.05, 3.63) is 62.5 Å². The van der Waals surface area contributed by atoms with Gasteiger partial charge in [0.25, 0.3) is 0 Å². The Morgan fingerprint density at radius 1 is 1.22 bits per heavy atom. The highest BCUT2D eigenvalue weighted by molar-refractivity contribution is 14.1. The fraction of sp³-hybridized carbons (Fsp3) is 0.375. The zero-order valence-electron chi connectivity index (χ0n) is 19.1. The van der Waals surface area contributed by atoms with Crippen molar-refractivity contribution in [3.8, 4) is 5.75 Å². The highest BCUT2D eigenvalue weighted by Gasteiger charge is 2.16. The SMILES string of the molecule is CCn1c(COc2cccc(C)c2C)nnc1SCC(=O)Nc1ccc(I)cc1C(C)C. The fourth-order valence-corrected chi connectivity index (χ4v) is 4.65. The van der Waals surface area contributed by atoms with Gasteiger partial charge in [-0.1, -0.05) is 37.7 Å². The largest absolute Gasteiger partial charge is 0.485 e. The Morgan fingerprint density at radius 2 is 2.00 bits per heavy atom. The molecule has 0 radical (unpaired) electrons. The number of carbonyl (C=O) groups is 1. The van der Waals surface area contributed by atoms with Crippen LogP contribution in [0.25, 0.3) is 0 Å². The molecule has 1 amide bonds. The maximum absolute atomic E-state index is 12.6. The van der Waals surface area contributed by atoms with Crippen molar-refractivity contribution in [1.82, 2.24) is 14.8 Å². The first kappa shape index (κ1) is 24.6. The van der Waals surface area contributed by atoms with E-state index in [1.807, 2.05) is 42.7 Å². The number of anilines is 1. The summed E-state index contributed by atoms with van der Waals surface area (Å²) in [7, 11) is 0. The Morgan fingerprint density at radius 3 is 2.72 bits per heavy atom. The van der Waals surface area contributed by atoms with Crippen LogP contribution in [0.4, 0.5) is 5.69 Å². The molecule has 1 N–H and O–H groups in total. The number of hydrogen-bond acceptors (Lipinski definition) is 5. The lowest BCUT2D eigenvalue weighted by molar-refractivity contribution is -0.113. The molecule has 170 valence electrons. The number of amides is 1. The molecule has 0 atom stereocenters. The molecule has 1 aromatic heterocycles. The van der Waals surface area contributed by atoms with Crippen molar-refractivity contribution < 1.29 is 9.53 Å². The predicted octanol–water partition coefficient (Wildman–Crippen LogP) is 5.95. The number of nitrogens with zero attached hydrogens (tertiary/aromatic N) is 3. The third-order valence-corrected chi connectivity index (χ3v) is 6.90. The van der Waals surface area contributed by atoms with Gasteiger partial charge < -0.3 is 14.6 Å². The van der Waals surface area contributed by atoms with E-state index in [-0.39, 0.29) is 11.7 Å². The molecule has 0 unspecified atom stereocenters. The van der Waals surface area contributed by atoms with E-state index < -0.39 is 0 Å². The summed E-state index contributed by atoms with van der Waals surface area (Å²) in [4.78, 5) is 12.6. The summed E-state index contributed by atoms with van der Waals surface area (Å²) < 4.78 is 9.15. The molecule has 0 saturated heterocycles. The molecule has 0 aliphatic rings. The molecular weight excluding hydrogens is 535 g/mol. The number of rotatable bonds is 9. The van der Waals surface area contributed by atoms with Gasteiger partial charge in [-0.2, -0.15) is 0 Å². The Balaban J connectivity index is 1.63. The molecular formula is C24H29IN4O2S. The van der Waals surface area contributed by atoms with E-state index in [0.29, 0.717) is 24.2 Å². The third-order valence-electron chi connectivity index (χ3n) is 5.26. The van der Waals surface area contributed by atoms with Crippen LogP contribution >= 0.6 is 34.4 Å². The summed E-state index contributed by atoms with van der Waals surface area (Å²) in [5.41, 5.74) is 4.32. The number of aromatic nitrogens is 3. The van der Waals surface area contributed by atoms with Gasteiger partial charge in [-0.15, -0.1) is 10.2 Å². The van der Waals surface area contributed by atoms with E-state index >= 15 is 0 Å². The van der Waals surface area contributed by atoms with Crippen LogP contribution < -0.4 is 10.1 Å². The summed E-state index contributed by atoms with van der Waals surface area (Å²) in [6.45, 7) is 11.4. The fourth-order valence-electron chi connectivity index (χ4n) is 3.31. The molecule has 2 aromatic carbocycles. The molecule has 1 heterocycles. The lowest BCUT2D eigenvalue weighted by atomic mass is 10.0. The first-order valence-electron chi connectivity index (χ1n) is 10.6. The van der Waals surface area contributed by atoms with Gasteiger partial charge in [0.15, 0.2) is 11.0 Å². The molecule has 0 saturated carbocycles. The molecule has 0 fully saturated rings. The second-order valence-electron chi connectivity index (χ2n) is 7.85. The van der Waals surface area contributed by atoms with Crippen LogP contribution in [0.5, 0.6) is 5.75 Å². The lowest BCUT2D eigenvalue weighted by Crippen LogP contribution is -2.16. The van der Waals surface area contributed by atoms with Gasteiger partial charge in [-0.3, -0.25) is 4.79 Å². The Hall–Kier alpha value is -2.07. The summed E-state index contributed by atoms with van der Waals surface area (Å²) >= 11 is 3.68. The van der Waals surface area contributed by atoms with Crippen LogP contribution in [-0.2, 0) is 17.9 Å². The van der Waals surface area contributed by atoms with Gasteiger partial charge in [-0.25, -0.2) is 0 Å². The monoisotopic (exact) mass is 564 g/mol. The van der Waals surface area contributed by atoms with E-state index in [1.54, 1.807) is 0 Å². The van der Waals surface area contributed by atoms with Crippen molar-refractivity contribution in [2.24, 2.45) is 0 Å². The molecule has 0 aliphatic carbocycles. The Bertz CT molecular complexity index is 1100. The van der Waals surface area contributed by atoms with Crippen LogP contribution in [0.15, 0.2) is 41.6 Å². The van der Waals surface area contributed by atoms with Crippen LogP contribution in [0.2, 0.25) is 0 Å². The van der Waals surface area contributed by atoms with E-state index in [0.717, 1.165) is 32.0 Å². The molecule has 0 aliphatic heterocycles. The first-order valence-corrected chi connectivity index (χ1v) is 12.7. The second-order valence-corrected chi connectivity index (χ2v) is 10.0. The Labute approximate surface area is 207 Å². The summed E-state index contributed by atoms with van der Waals surface area (Å²) in [5.74, 6) is 2.13. The van der Waals surface area contributed by atoms with Gasteiger partial charge >= 0.3 is 0 Å². The maximum atomic E-state index is 12.6. The molecule has 0 spiro atoms. The average molecular weight is 564 g/mol. The van der Waals surface area contributed by atoms with Crippen molar-refractivity contribution in [2.75, 3.05) is 11.1 Å². The normalized spacial score (nSPS) is 11.1. The minimum absolute atomic E-state index is 0.0584. The molecule has 32 heavy (non-hydrogen) atoms. The van der Waals surface area contributed by atoms with Crippen molar-refractivity contribution in [1.29, 1.82) is 0 Å². The summed E-state index contributed by atoms with van der Waals surface area (Å²) in [5, 5.41) is 12.4. The lowest BCUT2D eigenvalue weighted by Gasteiger charge is -2.14. The van der Waals surface area contributed by atoms with Gasteiger partial charge in [0.1, 0.15) is 12.4 Å². The van der Waals surface area contributed by atoms with E-state index in [2.05, 4.69) is 71.0 Å². The second kappa shape index (κ2) is 11.2. The summed E-state index contributed by atoms with van der Waals surface area (Å²) in [6, 6.07) is 12.1. The van der Waals surface area contributed by atoms with E-state index in [1.165, 1.54) is 17.3 Å². The number of aryl methyl sites for hydroxylation is 1. The summed E-state index contributed by atoms with van der Waals surface area (Å²) in [6.07, 6.45) is 0. The number of carbonyl (C=O) groups excluding carboxylic acids is 1. The number of benzene rings is 2. The number of hydrogen-bond donors (Lipinski definition) is 1. The number of ether oxygens (including phenoxy) is 1. The highest BCUT2D eigenvalue weighted by atomic mass is 127. The van der Waals surface area contributed by atoms with Crippen LogP contribution in [-0.4, -0.2) is 26.4 Å². The van der Waals surface area contributed by atoms with Gasteiger partial charge in [-0.05, 0) is 90.2 Å². The van der Waals surface area contributed by atoms with Gasteiger partial charge in [0.05, 0.1) is 5.75 Å². The standard InChI is InChI=1S/C24H29IN4O2S/c1-6-29-22(13-31-21-9-7-8-16(4)17(21)5)27-28-24(29)32-14-23(30)26-20-11-10-18(25)12-19(20)15(2)3/h7-12,15H,6,13-14H2,1-5H3,(H,26,30). The third kappa shape index (κ3) is 6.04. The minimum atomic E-state index is -0.0584. The van der Waals surface area contributed by atoms with E-state index in [4.69, 9.17) is 4.74 Å². The molecule has 8 heteroatoms. The van der Waals surface area contributed by atoms with Gasteiger partial charge in [0, 0.05) is 15.8 Å². The smallest absolute Gasteiger partial charge is 0.234 e. The van der Waals surface area contributed by atoms with Crippen LogP contribution in [0.1, 0.15) is 49.2 Å². The first-order chi connectivity index (χ1) is 15.3. The molecule has 0 bridgehead atoms. The molecule has 3 aromatic rings. The zero-order valence-corrected chi connectivity index (χ0v) is 22.1. The minimum Gasteiger partial charge on any atom is -0.485 e. The van der Waals surface area contributed by atoms with E-state index in [9.17, 15) is 4.79 Å². The predicted molar refractivity (Wildman–Crippen MR) is 139 cm³/mol. The number of halogens is 1. The zero-order chi connectivity index (χ0) is 23.3. The van der Waals surface area contributed by atoms with Crippen molar-refractivity contribution >= 4 is 45.9 Å². The van der Waals surface area contributed by atoms with Crippen molar-refractivity contribution in [2.45, 2.75) is 58.8 Å². The average Bonchev–Trinajstić information content (AvgIpc) is 3.16. The topological polar surface area (TPSA) is 69.0 Å². The Kier molecular flexibility index (Phi) is 8.58. The number of nitrogens with one attached hydrogen (secondary N) is 1. The maximum Gasteiger partial charge on any atom is 0.234 e. The highest BCUT2D eigenvalue weighted by Crippen LogP contribution is 2.27. The van der Waals surface area contributed by atoms with Crippen LogP contribution in [0, 0.1) is 17.4 Å². The molecule has 3 rings (SSSR count). The number of thioether (sulfide) groups is 1. The quantitative estimate of drug-likeness (QED) is 0.257. The molecule has 6 nitrogen and oxygen atoms in total.